The van der Waals surface area contributed by atoms with Gasteiger partial charge in [-0.1, -0.05) is 53.3 Å². The van der Waals surface area contributed by atoms with Gasteiger partial charge in [-0.2, -0.15) is 0 Å². The summed E-state index contributed by atoms with van der Waals surface area (Å²) in [6, 6.07) is 10.8. The van der Waals surface area contributed by atoms with Crippen molar-refractivity contribution in [2.24, 2.45) is 0 Å². The predicted octanol–water partition coefficient (Wildman–Crippen LogP) is 5.16. The molecule has 1 N–H and O–H groups in total. The second-order valence-corrected chi connectivity index (χ2v) is 7.72. The van der Waals surface area contributed by atoms with Crippen LogP contribution in [0.5, 0.6) is 11.5 Å². The van der Waals surface area contributed by atoms with Crippen molar-refractivity contribution in [2.45, 2.75) is 13.8 Å². The molecule has 1 fully saturated rings. The van der Waals surface area contributed by atoms with Crippen molar-refractivity contribution < 1.29 is 14.6 Å². The average molecular weight is 406 g/mol. The third-order valence-corrected chi connectivity index (χ3v) is 5.32. The van der Waals surface area contributed by atoms with E-state index < -0.39 is 0 Å². The number of aromatic hydroxyl groups is 1. The molecule has 0 unspecified atom stereocenters. The second kappa shape index (κ2) is 7.70. The van der Waals surface area contributed by atoms with Crippen molar-refractivity contribution >= 4 is 57.6 Å². The van der Waals surface area contributed by atoms with Gasteiger partial charge in [0.05, 0.1) is 22.2 Å². The van der Waals surface area contributed by atoms with Crippen molar-refractivity contribution in [3.63, 3.8) is 0 Å². The van der Waals surface area contributed by atoms with E-state index in [1.807, 2.05) is 38.1 Å². The summed E-state index contributed by atoms with van der Waals surface area (Å²) in [6.07, 6.45) is 1.70. The average Bonchev–Trinajstić information content (AvgIpc) is 2.87. The molecule has 1 saturated heterocycles. The lowest BCUT2D eigenvalue weighted by atomic mass is 10.1. The summed E-state index contributed by atoms with van der Waals surface area (Å²) in [5, 5.41) is 10.1. The maximum absolute atomic E-state index is 12.8. The fourth-order valence-electron chi connectivity index (χ4n) is 2.48. The molecule has 2 aromatic carbocycles. The number of thioether (sulfide) groups is 1. The van der Waals surface area contributed by atoms with Gasteiger partial charge >= 0.3 is 0 Å². The van der Waals surface area contributed by atoms with Crippen LogP contribution in [-0.2, 0) is 4.79 Å². The van der Waals surface area contributed by atoms with E-state index in [-0.39, 0.29) is 22.4 Å². The van der Waals surface area contributed by atoms with Gasteiger partial charge in [-0.3, -0.25) is 9.69 Å². The van der Waals surface area contributed by atoms with E-state index in [0.29, 0.717) is 21.4 Å². The molecule has 1 aliphatic heterocycles. The van der Waals surface area contributed by atoms with Gasteiger partial charge in [-0.05, 0) is 49.8 Å². The van der Waals surface area contributed by atoms with Gasteiger partial charge in [0.1, 0.15) is 0 Å². The van der Waals surface area contributed by atoms with E-state index in [1.165, 1.54) is 16.7 Å². The summed E-state index contributed by atoms with van der Waals surface area (Å²) >= 11 is 12.7. The molecule has 0 aromatic heterocycles. The number of hydrogen-bond acceptors (Lipinski definition) is 5. The lowest BCUT2D eigenvalue weighted by Crippen LogP contribution is -2.27. The first-order valence-electron chi connectivity index (χ1n) is 7.90. The lowest BCUT2D eigenvalue weighted by Gasteiger charge is -2.14. The van der Waals surface area contributed by atoms with Crippen LogP contribution in [0.4, 0.5) is 5.69 Å². The fraction of sp³-hybridized carbons (Fsp3) is 0.158. The quantitative estimate of drug-likeness (QED) is 0.562. The Morgan fingerprint density at radius 3 is 2.65 bits per heavy atom. The Kier molecular flexibility index (Phi) is 5.55. The molecule has 3 rings (SSSR count). The Labute approximate surface area is 166 Å². The number of phenolic OH excluding ortho intramolecular Hbond substituents is 1. The van der Waals surface area contributed by atoms with Crippen molar-refractivity contribution in [2.75, 3.05) is 11.5 Å². The monoisotopic (exact) mass is 405 g/mol. The molecule has 0 bridgehead atoms. The van der Waals surface area contributed by atoms with Crippen LogP contribution >= 0.6 is 35.6 Å². The SMILES string of the molecule is CCOc1cc(/C=C2/SC(=S)N(c3ccc(C)cc3)C2=O)cc(Cl)c1O. The van der Waals surface area contributed by atoms with Gasteiger partial charge in [0, 0.05) is 0 Å². The standard InChI is InChI=1S/C19H16ClNO3S2/c1-3-24-15-9-12(8-14(20)17(15)22)10-16-18(23)21(19(25)26-16)13-6-4-11(2)5-7-13/h4-10,22H,3H2,1-2H3/b16-10+. The van der Waals surface area contributed by atoms with Crippen LogP contribution < -0.4 is 9.64 Å². The molecule has 2 aromatic rings. The summed E-state index contributed by atoms with van der Waals surface area (Å²) < 4.78 is 5.85. The maximum Gasteiger partial charge on any atom is 0.270 e. The van der Waals surface area contributed by atoms with Gasteiger partial charge in [-0.15, -0.1) is 0 Å². The molecule has 0 spiro atoms. The number of thiocarbonyl (C=S) groups is 1. The summed E-state index contributed by atoms with van der Waals surface area (Å²) in [5.41, 5.74) is 2.50. The fourth-order valence-corrected chi connectivity index (χ4v) is 4.00. The first-order chi connectivity index (χ1) is 12.4. The molecule has 1 aliphatic rings. The zero-order valence-corrected chi connectivity index (χ0v) is 16.5. The van der Waals surface area contributed by atoms with Crippen LogP contribution in [0, 0.1) is 6.92 Å². The number of aryl methyl sites for hydroxylation is 1. The van der Waals surface area contributed by atoms with Crippen LogP contribution in [0.25, 0.3) is 6.08 Å². The van der Waals surface area contributed by atoms with E-state index in [2.05, 4.69) is 0 Å². The van der Waals surface area contributed by atoms with Crippen molar-refractivity contribution in [3.05, 3.63) is 57.5 Å². The Morgan fingerprint density at radius 1 is 1.31 bits per heavy atom. The molecule has 0 radical (unpaired) electrons. The normalized spacial score (nSPS) is 15.8. The van der Waals surface area contributed by atoms with E-state index in [4.69, 9.17) is 28.6 Å². The molecule has 0 atom stereocenters. The van der Waals surface area contributed by atoms with Crippen LogP contribution in [0.3, 0.4) is 0 Å². The zero-order chi connectivity index (χ0) is 18.8. The third kappa shape index (κ3) is 3.72. The van der Waals surface area contributed by atoms with Gasteiger partial charge < -0.3 is 9.84 Å². The molecule has 1 heterocycles. The Hall–Kier alpha value is -2.02. The summed E-state index contributed by atoms with van der Waals surface area (Å²) in [5.74, 6) is -0.0239. The molecule has 26 heavy (non-hydrogen) atoms. The molecule has 134 valence electrons. The number of anilines is 1. The maximum atomic E-state index is 12.8. The van der Waals surface area contributed by atoms with Crippen LogP contribution in [0.15, 0.2) is 41.3 Å². The highest BCUT2D eigenvalue weighted by Gasteiger charge is 2.33. The van der Waals surface area contributed by atoms with Crippen molar-refractivity contribution in [1.82, 2.24) is 0 Å². The number of carbonyl (C=O) groups is 1. The zero-order valence-electron chi connectivity index (χ0n) is 14.2. The van der Waals surface area contributed by atoms with Crippen LogP contribution in [0.1, 0.15) is 18.1 Å². The van der Waals surface area contributed by atoms with Crippen LogP contribution in [-0.4, -0.2) is 21.9 Å². The minimum absolute atomic E-state index is 0.113. The third-order valence-electron chi connectivity index (χ3n) is 3.73. The largest absolute Gasteiger partial charge is 0.503 e. The number of rotatable bonds is 4. The first-order valence-corrected chi connectivity index (χ1v) is 9.51. The predicted molar refractivity (Wildman–Crippen MR) is 111 cm³/mol. The van der Waals surface area contributed by atoms with E-state index in [9.17, 15) is 9.90 Å². The smallest absolute Gasteiger partial charge is 0.270 e. The number of hydrogen-bond donors (Lipinski definition) is 1. The molecular weight excluding hydrogens is 390 g/mol. The Balaban J connectivity index is 1.94. The summed E-state index contributed by atoms with van der Waals surface area (Å²) in [6.45, 7) is 4.19. The first kappa shape index (κ1) is 18.8. The minimum Gasteiger partial charge on any atom is -0.503 e. The van der Waals surface area contributed by atoms with E-state index in [1.54, 1.807) is 18.2 Å². The molecule has 7 heteroatoms. The number of nitrogens with zero attached hydrogens (tertiary/aromatic N) is 1. The highest BCUT2D eigenvalue weighted by atomic mass is 35.5. The van der Waals surface area contributed by atoms with Gasteiger partial charge in [0.25, 0.3) is 5.91 Å². The molecule has 1 amide bonds. The van der Waals surface area contributed by atoms with Crippen molar-refractivity contribution in [1.29, 1.82) is 0 Å². The highest BCUT2D eigenvalue weighted by molar-refractivity contribution is 8.27. The number of ether oxygens (including phenoxy) is 1. The molecule has 0 saturated carbocycles. The van der Waals surface area contributed by atoms with E-state index in [0.717, 1.165) is 11.3 Å². The second-order valence-electron chi connectivity index (χ2n) is 5.64. The van der Waals surface area contributed by atoms with Gasteiger partial charge in [0.2, 0.25) is 0 Å². The van der Waals surface area contributed by atoms with Gasteiger partial charge in [0.15, 0.2) is 15.8 Å². The number of carbonyl (C=O) groups excluding carboxylic acids is 1. The number of halogens is 1. The van der Waals surface area contributed by atoms with Crippen LogP contribution in [0.2, 0.25) is 5.02 Å². The molecular formula is C19H16ClNO3S2. The highest BCUT2D eigenvalue weighted by Crippen LogP contribution is 2.39. The Morgan fingerprint density at radius 2 is 2.00 bits per heavy atom. The number of phenols is 1. The number of benzene rings is 2. The van der Waals surface area contributed by atoms with Gasteiger partial charge in [-0.25, -0.2) is 0 Å². The minimum atomic E-state index is -0.189. The van der Waals surface area contributed by atoms with Crippen molar-refractivity contribution in [3.8, 4) is 11.5 Å². The molecule has 4 nitrogen and oxygen atoms in total. The molecule has 0 aliphatic carbocycles. The summed E-state index contributed by atoms with van der Waals surface area (Å²) in [7, 11) is 0. The lowest BCUT2D eigenvalue weighted by molar-refractivity contribution is -0.113. The Bertz CT molecular complexity index is 910. The topological polar surface area (TPSA) is 49.8 Å². The number of amides is 1. The van der Waals surface area contributed by atoms with E-state index >= 15 is 0 Å². The summed E-state index contributed by atoms with van der Waals surface area (Å²) in [4.78, 5) is 14.8.